The zero-order valence-electron chi connectivity index (χ0n) is 13.8. The van der Waals surface area contributed by atoms with E-state index in [0.717, 1.165) is 24.9 Å². The first-order valence-corrected chi connectivity index (χ1v) is 10.1. The van der Waals surface area contributed by atoms with Gasteiger partial charge in [0.15, 0.2) is 4.84 Å². The van der Waals surface area contributed by atoms with E-state index in [0.29, 0.717) is 16.6 Å². The van der Waals surface area contributed by atoms with E-state index in [1.165, 1.54) is 0 Å². The van der Waals surface area contributed by atoms with Crippen LogP contribution >= 0.6 is 58.0 Å². The number of carbonyl (C=O) groups excluding carboxylic acids is 1. The van der Waals surface area contributed by atoms with E-state index in [2.05, 4.69) is 11.9 Å². The van der Waals surface area contributed by atoms with Crippen molar-refractivity contribution in [2.75, 3.05) is 11.9 Å². The predicted octanol–water partition coefficient (Wildman–Crippen LogP) is 6.32. The van der Waals surface area contributed by atoms with Gasteiger partial charge in [0.2, 0.25) is 5.56 Å². The van der Waals surface area contributed by atoms with E-state index in [-0.39, 0.29) is 12.1 Å². The molecular weight excluding hydrogens is 441 g/mol. The van der Waals surface area contributed by atoms with Crippen LogP contribution in [0.5, 0.6) is 0 Å². The zero-order chi connectivity index (χ0) is 19.3. The van der Waals surface area contributed by atoms with Gasteiger partial charge in [0, 0.05) is 18.3 Å². The Hall–Kier alpha value is -0.520. The van der Waals surface area contributed by atoms with Gasteiger partial charge in [-0.25, -0.2) is 4.79 Å². The lowest BCUT2D eigenvalue weighted by atomic mass is 10.1. The summed E-state index contributed by atoms with van der Waals surface area (Å²) in [6, 6.07) is 5.26. The van der Waals surface area contributed by atoms with Crippen LogP contribution in [0.25, 0.3) is 0 Å². The van der Waals surface area contributed by atoms with Gasteiger partial charge in [-0.05, 0) is 37.5 Å². The molecule has 144 valence electrons. The van der Waals surface area contributed by atoms with Gasteiger partial charge in [-0.2, -0.15) is 0 Å². The van der Waals surface area contributed by atoms with Crippen LogP contribution in [0.15, 0.2) is 30.9 Å². The van der Waals surface area contributed by atoms with Crippen molar-refractivity contribution >= 4 is 69.8 Å². The van der Waals surface area contributed by atoms with Crippen molar-refractivity contribution < 1.29 is 9.53 Å². The molecule has 0 spiro atoms. The Morgan fingerprint density at radius 3 is 2.65 bits per heavy atom. The molecule has 1 N–H and O–H groups in total. The summed E-state index contributed by atoms with van der Waals surface area (Å²) in [6.45, 7) is 4.03. The van der Waals surface area contributed by atoms with Crippen LogP contribution in [0.3, 0.4) is 0 Å². The quantitative estimate of drug-likeness (QED) is 0.382. The Balaban J connectivity index is 2.11. The van der Waals surface area contributed by atoms with E-state index in [4.69, 9.17) is 62.7 Å². The maximum atomic E-state index is 12.5. The first-order chi connectivity index (χ1) is 12.3. The molecule has 1 aliphatic carbocycles. The molecular formula is C17H19Cl5N2O2. The summed E-state index contributed by atoms with van der Waals surface area (Å²) in [5.41, 5.74) is -0.291. The largest absolute Gasteiger partial charge is 0.427 e. The Bertz CT molecular complexity index is 644. The normalized spacial score (nSPS) is 20.7. The standard InChI is InChI=1S/C17H19Cl5N2O2/c1-2-8-24(17(25)26-16(22)15(20)21)14-5-3-4-13(14)23-10-6-7-11(18)12(19)9-10/h2,6-7,9,13-16,23H,1,3-5,8H2. The number of nitrogens with one attached hydrogen (secondary N) is 1. The molecule has 1 aromatic rings. The van der Waals surface area contributed by atoms with Gasteiger partial charge in [-0.15, -0.1) is 6.58 Å². The second-order valence-corrected chi connectivity index (χ2v) is 8.30. The van der Waals surface area contributed by atoms with Crippen LogP contribution in [-0.2, 0) is 4.74 Å². The number of benzene rings is 1. The van der Waals surface area contributed by atoms with Crippen LogP contribution in [0.1, 0.15) is 19.3 Å². The number of hydrogen-bond donors (Lipinski definition) is 1. The molecule has 3 unspecified atom stereocenters. The van der Waals surface area contributed by atoms with Gasteiger partial charge in [-0.1, -0.05) is 64.1 Å². The molecule has 4 nitrogen and oxygen atoms in total. The number of hydrogen-bond acceptors (Lipinski definition) is 3. The van der Waals surface area contributed by atoms with Crippen molar-refractivity contribution in [3.8, 4) is 0 Å². The molecule has 0 saturated heterocycles. The molecule has 1 aromatic carbocycles. The topological polar surface area (TPSA) is 41.6 Å². The molecule has 0 bridgehead atoms. The molecule has 1 fully saturated rings. The van der Waals surface area contributed by atoms with Crippen LogP contribution in [0, 0.1) is 0 Å². The van der Waals surface area contributed by atoms with Crippen molar-refractivity contribution in [3.63, 3.8) is 0 Å². The monoisotopic (exact) mass is 458 g/mol. The number of halogens is 5. The first kappa shape index (κ1) is 21.8. The number of carbonyl (C=O) groups is 1. The highest BCUT2D eigenvalue weighted by Gasteiger charge is 2.36. The minimum Gasteiger partial charge on any atom is -0.427 e. The lowest BCUT2D eigenvalue weighted by Gasteiger charge is -2.33. The highest BCUT2D eigenvalue weighted by atomic mass is 35.5. The zero-order valence-corrected chi connectivity index (χ0v) is 17.6. The molecule has 0 aliphatic heterocycles. The third-order valence-corrected chi connectivity index (χ3v) is 5.92. The fraction of sp³-hybridized carbons (Fsp3) is 0.471. The minimum absolute atomic E-state index is 0.0244. The van der Waals surface area contributed by atoms with E-state index < -0.39 is 16.5 Å². The summed E-state index contributed by atoms with van der Waals surface area (Å²) < 4.78 is 5.15. The second-order valence-electron chi connectivity index (χ2n) is 5.89. The molecule has 0 aromatic heterocycles. The highest BCUT2D eigenvalue weighted by molar-refractivity contribution is 6.48. The third-order valence-electron chi connectivity index (χ3n) is 4.12. The summed E-state index contributed by atoms with van der Waals surface area (Å²) in [7, 11) is 0. The highest BCUT2D eigenvalue weighted by Crippen LogP contribution is 2.31. The lowest BCUT2D eigenvalue weighted by molar-refractivity contribution is 0.0826. The van der Waals surface area contributed by atoms with Gasteiger partial charge in [0.1, 0.15) is 0 Å². The smallest absolute Gasteiger partial charge is 0.411 e. The third kappa shape index (κ3) is 5.74. The van der Waals surface area contributed by atoms with E-state index in [1.807, 2.05) is 6.07 Å². The number of nitrogens with zero attached hydrogens (tertiary/aromatic N) is 1. The van der Waals surface area contributed by atoms with Crippen molar-refractivity contribution in [1.29, 1.82) is 0 Å². The average molecular weight is 461 g/mol. The number of anilines is 1. The Morgan fingerprint density at radius 2 is 2.04 bits per heavy atom. The van der Waals surface area contributed by atoms with Gasteiger partial charge in [0.05, 0.1) is 16.1 Å². The maximum Gasteiger partial charge on any atom is 0.411 e. The van der Waals surface area contributed by atoms with Gasteiger partial charge in [-0.3, -0.25) is 4.90 Å². The Morgan fingerprint density at radius 1 is 1.31 bits per heavy atom. The number of alkyl halides is 3. The molecule has 26 heavy (non-hydrogen) atoms. The number of amides is 1. The number of ether oxygens (including phenoxy) is 1. The summed E-state index contributed by atoms with van der Waals surface area (Å²) >= 11 is 29.2. The summed E-state index contributed by atoms with van der Waals surface area (Å²) in [5, 5.41) is 4.37. The molecule has 3 atom stereocenters. The maximum absolute atomic E-state index is 12.5. The summed E-state index contributed by atoms with van der Waals surface area (Å²) in [6.07, 6.45) is 3.73. The Labute approximate surface area is 178 Å². The van der Waals surface area contributed by atoms with Gasteiger partial charge < -0.3 is 10.1 Å². The second kappa shape index (κ2) is 10.1. The van der Waals surface area contributed by atoms with Crippen LogP contribution in [0.2, 0.25) is 10.0 Å². The summed E-state index contributed by atoms with van der Waals surface area (Å²) in [4.78, 5) is 13.1. The van der Waals surface area contributed by atoms with Crippen LogP contribution in [-0.4, -0.2) is 40.0 Å². The fourth-order valence-electron chi connectivity index (χ4n) is 2.98. The molecule has 0 heterocycles. The SMILES string of the molecule is C=CCN(C(=O)OC(Cl)C(Cl)Cl)C1CCCC1Nc1ccc(Cl)c(Cl)c1. The molecule has 1 amide bonds. The van der Waals surface area contributed by atoms with Gasteiger partial charge >= 0.3 is 6.09 Å². The van der Waals surface area contributed by atoms with Crippen molar-refractivity contribution in [2.45, 2.75) is 41.7 Å². The van der Waals surface area contributed by atoms with Crippen LogP contribution < -0.4 is 5.32 Å². The Kier molecular flexibility index (Phi) is 8.49. The van der Waals surface area contributed by atoms with Crippen molar-refractivity contribution in [3.05, 3.63) is 40.9 Å². The van der Waals surface area contributed by atoms with E-state index in [9.17, 15) is 4.79 Å². The molecule has 0 radical (unpaired) electrons. The number of rotatable bonds is 7. The van der Waals surface area contributed by atoms with Crippen molar-refractivity contribution in [1.82, 2.24) is 4.90 Å². The molecule has 1 saturated carbocycles. The van der Waals surface area contributed by atoms with Crippen LogP contribution in [0.4, 0.5) is 10.5 Å². The molecule has 2 rings (SSSR count). The molecule has 9 heteroatoms. The summed E-state index contributed by atoms with van der Waals surface area (Å²) in [5.74, 6) is 0. The fourth-order valence-corrected chi connectivity index (χ4v) is 3.46. The lowest BCUT2D eigenvalue weighted by Crippen LogP contribution is -2.48. The molecule has 1 aliphatic rings. The van der Waals surface area contributed by atoms with Crippen molar-refractivity contribution in [2.24, 2.45) is 0 Å². The van der Waals surface area contributed by atoms with E-state index >= 15 is 0 Å². The average Bonchev–Trinajstić information content (AvgIpc) is 3.03. The van der Waals surface area contributed by atoms with Gasteiger partial charge in [0.25, 0.3) is 0 Å². The van der Waals surface area contributed by atoms with E-state index in [1.54, 1.807) is 23.1 Å². The predicted molar refractivity (Wildman–Crippen MR) is 110 cm³/mol. The first-order valence-electron chi connectivity index (χ1n) is 8.05. The minimum atomic E-state index is -1.12.